The molecule has 1 aromatic rings. The molecule has 1 aliphatic heterocycles. The van der Waals surface area contributed by atoms with Crippen molar-refractivity contribution >= 4 is 23.0 Å². The summed E-state index contributed by atoms with van der Waals surface area (Å²) >= 11 is 1.63. The maximum absolute atomic E-state index is 12.4. The number of hydrogen-bond acceptors (Lipinski definition) is 4. The molecule has 4 nitrogen and oxygen atoms in total. The van der Waals surface area contributed by atoms with Gasteiger partial charge in [-0.3, -0.25) is 9.59 Å². The SMILES string of the molecule is Cc1cc(C(=O)CCC(=O)N2CCC(N)C(C)(C)C2)c(C)s1. The average Bonchev–Trinajstić information content (AvgIpc) is 2.77. The van der Waals surface area contributed by atoms with Crippen molar-refractivity contribution in [1.29, 1.82) is 0 Å². The topological polar surface area (TPSA) is 63.4 Å². The van der Waals surface area contributed by atoms with E-state index < -0.39 is 0 Å². The summed E-state index contributed by atoms with van der Waals surface area (Å²) in [4.78, 5) is 28.7. The van der Waals surface area contributed by atoms with E-state index in [1.165, 1.54) is 0 Å². The number of rotatable bonds is 4. The quantitative estimate of drug-likeness (QED) is 0.867. The van der Waals surface area contributed by atoms with Crippen molar-refractivity contribution in [3.63, 3.8) is 0 Å². The van der Waals surface area contributed by atoms with Gasteiger partial charge in [0.1, 0.15) is 0 Å². The van der Waals surface area contributed by atoms with E-state index in [0.717, 1.165) is 21.7 Å². The summed E-state index contributed by atoms with van der Waals surface area (Å²) in [6, 6.07) is 2.06. The molecule has 2 N–H and O–H groups in total. The molecule has 1 aromatic heterocycles. The van der Waals surface area contributed by atoms with Gasteiger partial charge in [-0.15, -0.1) is 11.3 Å². The summed E-state index contributed by atoms with van der Waals surface area (Å²) in [6.07, 6.45) is 1.41. The molecule has 2 rings (SSSR count). The average molecular weight is 322 g/mol. The Morgan fingerprint density at radius 3 is 2.59 bits per heavy atom. The van der Waals surface area contributed by atoms with Gasteiger partial charge in [0.05, 0.1) is 0 Å². The fourth-order valence-electron chi connectivity index (χ4n) is 3.01. The molecule has 0 radical (unpaired) electrons. The van der Waals surface area contributed by atoms with Crippen LogP contribution in [0.4, 0.5) is 0 Å². The maximum Gasteiger partial charge on any atom is 0.223 e. The number of carbonyl (C=O) groups is 2. The van der Waals surface area contributed by atoms with Crippen LogP contribution in [0.2, 0.25) is 0 Å². The lowest BCUT2D eigenvalue weighted by atomic mass is 9.79. The Balaban J connectivity index is 1.90. The van der Waals surface area contributed by atoms with E-state index in [1.54, 1.807) is 11.3 Å². The van der Waals surface area contributed by atoms with Crippen LogP contribution in [0.5, 0.6) is 0 Å². The second-order valence-corrected chi connectivity index (χ2v) is 8.41. The Labute approximate surface area is 136 Å². The molecule has 1 aliphatic rings. The van der Waals surface area contributed by atoms with Gasteiger partial charge >= 0.3 is 0 Å². The highest BCUT2D eigenvalue weighted by atomic mass is 32.1. The van der Waals surface area contributed by atoms with Crippen molar-refractivity contribution in [3.05, 3.63) is 21.4 Å². The first-order valence-electron chi connectivity index (χ1n) is 7.84. The number of carbonyl (C=O) groups excluding carboxylic acids is 2. The standard InChI is InChI=1S/C17H26N2O2S/c1-11-9-13(12(2)22-11)14(20)5-6-16(21)19-8-7-15(18)17(3,4)10-19/h9,15H,5-8,10,18H2,1-4H3. The van der Waals surface area contributed by atoms with E-state index in [1.807, 2.05) is 24.8 Å². The monoisotopic (exact) mass is 322 g/mol. The molecule has 1 amide bonds. The molecule has 0 bridgehead atoms. The van der Waals surface area contributed by atoms with Gasteiger partial charge in [0.2, 0.25) is 5.91 Å². The van der Waals surface area contributed by atoms with E-state index in [9.17, 15) is 9.59 Å². The van der Waals surface area contributed by atoms with E-state index in [-0.39, 0.29) is 23.1 Å². The summed E-state index contributed by atoms with van der Waals surface area (Å²) in [5, 5.41) is 0. The number of amides is 1. The zero-order valence-corrected chi connectivity index (χ0v) is 14.8. The van der Waals surface area contributed by atoms with Crippen LogP contribution in [-0.4, -0.2) is 35.7 Å². The third-order valence-corrected chi connectivity index (χ3v) is 5.54. The predicted molar refractivity (Wildman–Crippen MR) is 90.3 cm³/mol. The lowest BCUT2D eigenvalue weighted by Crippen LogP contribution is -2.54. The summed E-state index contributed by atoms with van der Waals surface area (Å²) in [5.74, 6) is 0.140. The van der Waals surface area contributed by atoms with Crippen molar-refractivity contribution in [3.8, 4) is 0 Å². The number of ketones is 1. The first-order chi connectivity index (χ1) is 10.2. The largest absolute Gasteiger partial charge is 0.342 e. The van der Waals surface area contributed by atoms with Crippen LogP contribution in [0.25, 0.3) is 0 Å². The molecule has 1 fully saturated rings. The van der Waals surface area contributed by atoms with Crippen LogP contribution in [0, 0.1) is 19.3 Å². The van der Waals surface area contributed by atoms with Crippen molar-refractivity contribution in [2.45, 2.75) is 53.0 Å². The van der Waals surface area contributed by atoms with Crippen LogP contribution < -0.4 is 5.73 Å². The molecule has 22 heavy (non-hydrogen) atoms. The van der Waals surface area contributed by atoms with Gasteiger partial charge in [0.25, 0.3) is 0 Å². The summed E-state index contributed by atoms with van der Waals surface area (Å²) in [7, 11) is 0. The number of aryl methyl sites for hydroxylation is 2. The Kier molecular flexibility index (Phi) is 5.07. The zero-order chi connectivity index (χ0) is 16.5. The van der Waals surface area contributed by atoms with E-state index >= 15 is 0 Å². The molecular weight excluding hydrogens is 296 g/mol. The first-order valence-corrected chi connectivity index (χ1v) is 8.66. The van der Waals surface area contributed by atoms with Gasteiger partial charge in [0.15, 0.2) is 5.78 Å². The number of hydrogen-bond donors (Lipinski definition) is 1. The van der Waals surface area contributed by atoms with Gasteiger partial charge in [0, 0.05) is 47.3 Å². The van der Waals surface area contributed by atoms with E-state index in [2.05, 4.69) is 13.8 Å². The van der Waals surface area contributed by atoms with E-state index in [0.29, 0.717) is 25.9 Å². The summed E-state index contributed by atoms with van der Waals surface area (Å²) in [5.41, 5.74) is 6.82. The predicted octanol–water partition coefficient (Wildman–Crippen LogP) is 2.91. The second kappa shape index (κ2) is 6.50. The number of piperidine rings is 1. The molecule has 0 saturated carbocycles. The normalized spacial score (nSPS) is 21.0. The van der Waals surface area contributed by atoms with Gasteiger partial charge in [-0.2, -0.15) is 0 Å². The molecule has 1 saturated heterocycles. The van der Waals surface area contributed by atoms with Gasteiger partial charge in [-0.05, 0) is 31.7 Å². The van der Waals surface area contributed by atoms with Crippen molar-refractivity contribution in [2.24, 2.45) is 11.1 Å². The first kappa shape index (κ1) is 17.2. The van der Waals surface area contributed by atoms with E-state index in [4.69, 9.17) is 5.73 Å². The van der Waals surface area contributed by atoms with Crippen LogP contribution in [0.1, 0.15) is 53.2 Å². The molecule has 1 unspecified atom stereocenters. The second-order valence-electron chi connectivity index (χ2n) is 6.95. The molecule has 0 aliphatic carbocycles. The fraction of sp³-hybridized carbons (Fsp3) is 0.647. The number of thiophene rings is 1. The lowest BCUT2D eigenvalue weighted by molar-refractivity contribution is -0.134. The number of likely N-dealkylation sites (tertiary alicyclic amines) is 1. The van der Waals surface area contributed by atoms with Gasteiger partial charge in [-0.1, -0.05) is 13.8 Å². The van der Waals surface area contributed by atoms with Crippen LogP contribution >= 0.6 is 11.3 Å². The summed E-state index contributed by atoms with van der Waals surface area (Å²) in [6.45, 7) is 9.53. The number of nitrogens with zero attached hydrogens (tertiary/aromatic N) is 1. The molecule has 2 heterocycles. The Bertz CT molecular complexity index is 577. The number of Topliss-reactive ketones (excluding diaryl/α,β-unsaturated/α-hetero) is 1. The number of nitrogens with two attached hydrogens (primary N) is 1. The minimum atomic E-state index is -0.0566. The van der Waals surface area contributed by atoms with Crippen LogP contribution in [0.15, 0.2) is 6.07 Å². The van der Waals surface area contributed by atoms with Crippen LogP contribution in [-0.2, 0) is 4.79 Å². The third kappa shape index (κ3) is 3.76. The molecule has 122 valence electrons. The summed E-state index contributed by atoms with van der Waals surface area (Å²) < 4.78 is 0. The molecule has 0 spiro atoms. The highest BCUT2D eigenvalue weighted by molar-refractivity contribution is 7.12. The Morgan fingerprint density at radius 2 is 2.05 bits per heavy atom. The smallest absolute Gasteiger partial charge is 0.223 e. The molecule has 1 atom stereocenters. The Morgan fingerprint density at radius 1 is 1.36 bits per heavy atom. The third-order valence-electron chi connectivity index (χ3n) is 4.57. The van der Waals surface area contributed by atoms with Crippen LogP contribution in [0.3, 0.4) is 0 Å². The van der Waals surface area contributed by atoms with Gasteiger partial charge < -0.3 is 10.6 Å². The highest BCUT2D eigenvalue weighted by Gasteiger charge is 2.35. The fourth-order valence-corrected chi connectivity index (χ4v) is 3.95. The lowest BCUT2D eigenvalue weighted by Gasteiger charge is -2.42. The zero-order valence-electron chi connectivity index (χ0n) is 13.9. The molecule has 5 heteroatoms. The van der Waals surface area contributed by atoms with Gasteiger partial charge in [-0.25, -0.2) is 0 Å². The highest BCUT2D eigenvalue weighted by Crippen LogP contribution is 2.28. The van der Waals surface area contributed by atoms with Crippen molar-refractivity contribution < 1.29 is 9.59 Å². The van der Waals surface area contributed by atoms with Crippen molar-refractivity contribution in [2.75, 3.05) is 13.1 Å². The Hall–Kier alpha value is -1.20. The minimum Gasteiger partial charge on any atom is -0.342 e. The maximum atomic E-state index is 12.4. The molecular formula is C17H26N2O2S. The minimum absolute atomic E-state index is 0.0566. The molecule has 0 aromatic carbocycles. The van der Waals surface area contributed by atoms with Crippen molar-refractivity contribution in [1.82, 2.24) is 4.90 Å².